The zero-order valence-corrected chi connectivity index (χ0v) is 13.7. The quantitative estimate of drug-likeness (QED) is 0.526. The summed E-state index contributed by atoms with van der Waals surface area (Å²) in [5.41, 5.74) is 2.52. The molecule has 0 spiro atoms. The number of ether oxygens (including phenoxy) is 2. The number of benzene rings is 3. The van der Waals surface area contributed by atoms with Gasteiger partial charge in [0.05, 0.1) is 6.61 Å². The Morgan fingerprint density at radius 1 is 0.542 bits per heavy atom. The summed E-state index contributed by atoms with van der Waals surface area (Å²) in [5.74, 6) is 1.74. The molecule has 0 saturated carbocycles. The third-order valence-corrected chi connectivity index (χ3v) is 3.79. The second kappa shape index (κ2) is 8.78. The van der Waals surface area contributed by atoms with E-state index in [9.17, 15) is 0 Å². The Morgan fingerprint density at radius 3 is 1.71 bits per heavy atom. The maximum absolute atomic E-state index is 5.79. The summed E-state index contributed by atoms with van der Waals surface area (Å²) in [4.78, 5) is 0. The topological polar surface area (TPSA) is 18.5 Å². The number of aryl methyl sites for hydroxylation is 1. The summed E-state index contributed by atoms with van der Waals surface area (Å²) in [6, 6.07) is 28.5. The van der Waals surface area contributed by atoms with Gasteiger partial charge in [0.25, 0.3) is 0 Å². The minimum Gasteiger partial charge on any atom is -0.494 e. The molecule has 0 aromatic heterocycles. The first kappa shape index (κ1) is 16.1. The van der Waals surface area contributed by atoms with Gasteiger partial charge in [0.2, 0.25) is 0 Å². The van der Waals surface area contributed by atoms with Crippen LogP contribution in [0.15, 0.2) is 84.9 Å². The van der Waals surface area contributed by atoms with E-state index in [0.717, 1.165) is 30.9 Å². The van der Waals surface area contributed by atoms with Crippen molar-refractivity contribution >= 4 is 0 Å². The van der Waals surface area contributed by atoms with Gasteiger partial charge in [0.15, 0.2) is 0 Å². The van der Waals surface area contributed by atoms with E-state index in [4.69, 9.17) is 9.47 Å². The minimum atomic E-state index is 0.581. The van der Waals surface area contributed by atoms with Crippen molar-refractivity contribution in [2.24, 2.45) is 0 Å². The van der Waals surface area contributed by atoms with Crippen LogP contribution in [0.4, 0.5) is 0 Å². The Labute approximate surface area is 143 Å². The van der Waals surface area contributed by atoms with Gasteiger partial charge >= 0.3 is 0 Å². The fraction of sp³-hybridized carbons (Fsp3) is 0.182. The fourth-order valence-electron chi connectivity index (χ4n) is 2.48. The summed E-state index contributed by atoms with van der Waals surface area (Å²) in [7, 11) is 0. The van der Waals surface area contributed by atoms with E-state index in [0.29, 0.717) is 6.61 Å². The highest BCUT2D eigenvalue weighted by molar-refractivity contribution is 5.31. The molecule has 0 fully saturated rings. The van der Waals surface area contributed by atoms with Crippen LogP contribution in [0.2, 0.25) is 0 Å². The summed E-state index contributed by atoms with van der Waals surface area (Å²) < 4.78 is 11.6. The second-order valence-electron chi connectivity index (χ2n) is 5.68. The van der Waals surface area contributed by atoms with E-state index in [1.807, 2.05) is 48.5 Å². The van der Waals surface area contributed by atoms with Crippen molar-refractivity contribution in [3.05, 3.63) is 96.1 Å². The monoisotopic (exact) mass is 318 g/mol. The first-order chi connectivity index (χ1) is 11.9. The van der Waals surface area contributed by atoms with Crippen molar-refractivity contribution in [3.8, 4) is 11.5 Å². The van der Waals surface area contributed by atoms with Crippen LogP contribution in [0, 0.1) is 0 Å². The lowest BCUT2D eigenvalue weighted by molar-refractivity contribution is 0.299. The van der Waals surface area contributed by atoms with Crippen LogP contribution in [0.5, 0.6) is 11.5 Å². The average molecular weight is 318 g/mol. The SMILES string of the molecule is c1ccc(CCCOc2ccc(OCc3ccccc3)cc2)cc1. The molecule has 0 N–H and O–H groups in total. The van der Waals surface area contributed by atoms with E-state index >= 15 is 0 Å². The smallest absolute Gasteiger partial charge is 0.120 e. The zero-order valence-electron chi connectivity index (χ0n) is 13.7. The zero-order chi connectivity index (χ0) is 16.5. The average Bonchev–Trinajstić information content (AvgIpc) is 2.66. The Morgan fingerprint density at radius 2 is 1.08 bits per heavy atom. The van der Waals surface area contributed by atoms with Crippen LogP contribution in [0.25, 0.3) is 0 Å². The van der Waals surface area contributed by atoms with Crippen molar-refractivity contribution < 1.29 is 9.47 Å². The summed E-state index contributed by atoms with van der Waals surface area (Å²) >= 11 is 0. The van der Waals surface area contributed by atoms with E-state index in [2.05, 4.69) is 36.4 Å². The van der Waals surface area contributed by atoms with Gasteiger partial charge in [-0.25, -0.2) is 0 Å². The van der Waals surface area contributed by atoms with Crippen molar-refractivity contribution in [2.75, 3.05) is 6.61 Å². The van der Waals surface area contributed by atoms with Gasteiger partial charge < -0.3 is 9.47 Å². The van der Waals surface area contributed by atoms with Gasteiger partial charge in [0.1, 0.15) is 18.1 Å². The third-order valence-electron chi connectivity index (χ3n) is 3.79. The second-order valence-corrected chi connectivity index (χ2v) is 5.68. The molecule has 0 amide bonds. The van der Waals surface area contributed by atoms with Gasteiger partial charge in [-0.2, -0.15) is 0 Å². The minimum absolute atomic E-state index is 0.581. The molecule has 0 aliphatic heterocycles. The number of rotatable bonds is 8. The van der Waals surface area contributed by atoms with Crippen molar-refractivity contribution in [3.63, 3.8) is 0 Å². The molecule has 0 radical (unpaired) electrons. The molecule has 0 aliphatic rings. The molecule has 3 rings (SSSR count). The molecular formula is C22H22O2. The Hall–Kier alpha value is -2.74. The van der Waals surface area contributed by atoms with Crippen LogP contribution in [-0.4, -0.2) is 6.61 Å². The van der Waals surface area contributed by atoms with Gasteiger partial charge in [-0.15, -0.1) is 0 Å². The molecule has 0 atom stereocenters. The molecule has 0 unspecified atom stereocenters. The molecule has 0 aliphatic carbocycles. The summed E-state index contributed by atoms with van der Waals surface area (Å²) in [6.07, 6.45) is 2.05. The van der Waals surface area contributed by atoms with E-state index in [1.54, 1.807) is 0 Å². The van der Waals surface area contributed by atoms with Gasteiger partial charge in [0, 0.05) is 0 Å². The summed E-state index contributed by atoms with van der Waals surface area (Å²) in [6.45, 7) is 1.30. The molecule has 0 bridgehead atoms. The molecule has 3 aromatic carbocycles. The normalized spacial score (nSPS) is 10.3. The predicted octanol–water partition coefficient (Wildman–Crippen LogP) is 5.28. The molecule has 2 heteroatoms. The lowest BCUT2D eigenvalue weighted by Gasteiger charge is -2.09. The van der Waals surface area contributed by atoms with E-state index < -0.39 is 0 Å². The van der Waals surface area contributed by atoms with Crippen LogP contribution >= 0.6 is 0 Å². The highest BCUT2D eigenvalue weighted by Crippen LogP contribution is 2.19. The highest BCUT2D eigenvalue weighted by atomic mass is 16.5. The molecule has 0 heterocycles. The van der Waals surface area contributed by atoms with Gasteiger partial charge in [-0.3, -0.25) is 0 Å². The Balaban J connectivity index is 1.40. The Bertz CT molecular complexity index is 706. The first-order valence-electron chi connectivity index (χ1n) is 8.34. The molecule has 122 valence electrons. The van der Waals surface area contributed by atoms with Gasteiger partial charge in [-0.05, 0) is 48.2 Å². The maximum atomic E-state index is 5.79. The summed E-state index contributed by atoms with van der Waals surface area (Å²) in [5, 5.41) is 0. The predicted molar refractivity (Wildman–Crippen MR) is 97.5 cm³/mol. The van der Waals surface area contributed by atoms with Crippen molar-refractivity contribution in [1.82, 2.24) is 0 Å². The largest absolute Gasteiger partial charge is 0.494 e. The fourth-order valence-corrected chi connectivity index (χ4v) is 2.48. The van der Waals surface area contributed by atoms with Crippen LogP contribution in [0.1, 0.15) is 17.5 Å². The molecule has 3 aromatic rings. The number of hydrogen-bond donors (Lipinski definition) is 0. The van der Waals surface area contributed by atoms with Crippen LogP contribution < -0.4 is 9.47 Å². The maximum Gasteiger partial charge on any atom is 0.120 e. The standard InChI is InChI=1S/C22H22O2/c1-3-8-19(9-4-1)12-7-17-23-21-13-15-22(16-14-21)24-18-20-10-5-2-6-11-20/h1-6,8-11,13-16H,7,12,17-18H2. The molecule has 0 saturated heterocycles. The lowest BCUT2D eigenvalue weighted by Crippen LogP contribution is -1.99. The highest BCUT2D eigenvalue weighted by Gasteiger charge is 1.98. The molecule has 24 heavy (non-hydrogen) atoms. The first-order valence-corrected chi connectivity index (χ1v) is 8.34. The molecule has 2 nitrogen and oxygen atoms in total. The van der Waals surface area contributed by atoms with Gasteiger partial charge in [-0.1, -0.05) is 60.7 Å². The van der Waals surface area contributed by atoms with E-state index in [-0.39, 0.29) is 0 Å². The van der Waals surface area contributed by atoms with Crippen molar-refractivity contribution in [1.29, 1.82) is 0 Å². The van der Waals surface area contributed by atoms with Crippen LogP contribution in [-0.2, 0) is 13.0 Å². The van der Waals surface area contributed by atoms with Crippen LogP contribution in [0.3, 0.4) is 0 Å². The van der Waals surface area contributed by atoms with E-state index in [1.165, 1.54) is 11.1 Å². The third kappa shape index (κ3) is 5.17. The Kier molecular flexibility index (Phi) is 5.90. The number of hydrogen-bond acceptors (Lipinski definition) is 2. The molecular weight excluding hydrogens is 296 g/mol. The lowest BCUT2D eigenvalue weighted by atomic mass is 10.1. The van der Waals surface area contributed by atoms with Crippen molar-refractivity contribution in [2.45, 2.75) is 19.4 Å².